The Bertz CT molecular complexity index is 612. The summed E-state index contributed by atoms with van der Waals surface area (Å²) < 4.78 is 21.2. The number of fused-ring (bicyclic) bond motifs is 1. The summed E-state index contributed by atoms with van der Waals surface area (Å²) in [5.41, 5.74) is 0.405. The fraction of sp³-hybridized carbons (Fsp3) is 0.500. The zero-order chi connectivity index (χ0) is 16.4. The van der Waals surface area contributed by atoms with Gasteiger partial charge in [0.15, 0.2) is 11.5 Å². The highest BCUT2D eigenvalue weighted by Crippen LogP contribution is 2.41. The second-order valence-electron chi connectivity index (χ2n) is 5.38. The summed E-state index contributed by atoms with van der Waals surface area (Å²) in [4.78, 5) is 26.2. The summed E-state index contributed by atoms with van der Waals surface area (Å²) in [5.74, 6) is 0.793. The van der Waals surface area contributed by atoms with Crippen LogP contribution in [0.3, 0.4) is 0 Å². The van der Waals surface area contributed by atoms with E-state index in [9.17, 15) is 9.59 Å². The maximum absolute atomic E-state index is 12.8. The molecule has 1 saturated heterocycles. The first-order valence-electron chi connectivity index (χ1n) is 7.52. The maximum atomic E-state index is 12.8. The summed E-state index contributed by atoms with van der Waals surface area (Å²) in [5, 5.41) is 0. The standard InChI is InChI=1S/C16H19NO6/c1-20-12-8-10(9-13-14(12)23-7-6-22-13)15(18)17-5-3-4-11(17)16(19)21-2/h8-9,11H,3-7H2,1-2H3/t11-/m0/s1. The van der Waals surface area contributed by atoms with Gasteiger partial charge < -0.3 is 23.8 Å². The molecule has 0 aliphatic carbocycles. The first kappa shape index (κ1) is 15.5. The van der Waals surface area contributed by atoms with E-state index in [-0.39, 0.29) is 11.9 Å². The van der Waals surface area contributed by atoms with Gasteiger partial charge in [0.05, 0.1) is 14.2 Å². The molecular weight excluding hydrogens is 302 g/mol. The molecule has 7 heteroatoms. The highest BCUT2D eigenvalue weighted by Gasteiger charge is 2.36. The van der Waals surface area contributed by atoms with Crippen molar-refractivity contribution in [2.45, 2.75) is 18.9 Å². The average Bonchev–Trinajstić information content (AvgIpc) is 3.09. The number of carbonyl (C=O) groups is 2. The van der Waals surface area contributed by atoms with Gasteiger partial charge in [-0.3, -0.25) is 4.79 Å². The molecule has 2 aliphatic heterocycles. The molecule has 3 rings (SSSR count). The van der Waals surface area contributed by atoms with Gasteiger partial charge in [0, 0.05) is 12.1 Å². The third-order valence-corrected chi connectivity index (χ3v) is 4.06. The van der Waals surface area contributed by atoms with E-state index in [1.807, 2.05) is 0 Å². The smallest absolute Gasteiger partial charge is 0.328 e. The van der Waals surface area contributed by atoms with Crippen molar-refractivity contribution < 1.29 is 28.5 Å². The molecule has 0 radical (unpaired) electrons. The Morgan fingerprint density at radius 2 is 2.00 bits per heavy atom. The fourth-order valence-electron chi connectivity index (χ4n) is 2.95. The maximum Gasteiger partial charge on any atom is 0.328 e. The molecule has 23 heavy (non-hydrogen) atoms. The van der Waals surface area contributed by atoms with Crippen molar-refractivity contribution in [1.82, 2.24) is 4.90 Å². The van der Waals surface area contributed by atoms with Crippen LogP contribution in [0.2, 0.25) is 0 Å². The van der Waals surface area contributed by atoms with Crippen molar-refractivity contribution >= 4 is 11.9 Å². The number of benzene rings is 1. The SMILES string of the molecule is COC(=O)[C@@H]1CCCN1C(=O)c1cc(OC)c2c(c1)OCCO2. The van der Waals surface area contributed by atoms with Gasteiger partial charge in [0.25, 0.3) is 5.91 Å². The lowest BCUT2D eigenvalue weighted by molar-refractivity contribution is -0.145. The number of carbonyl (C=O) groups excluding carboxylic acids is 2. The lowest BCUT2D eigenvalue weighted by Gasteiger charge is -2.25. The van der Waals surface area contributed by atoms with Gasteiger partial charge in [0.2, 0.25) is 5.75 Å². The topological polar surface area (TPSA) is 74.3 Å². The first-order valence-corrected chi connectivity index (χ1v) is 7.52. The molecule has 0 bridgehead atoms. The number of methoxy groups -OCH3 is 2. The predicted molar refractivity (Wildman–Crippen MR) is 80.1 cm³/mol. The van der Waals surface area contributed by atoms with E-state index in [0.29, 0.717) is 49.0 Å². The molecule has 1 amide bonds. The number of rotatable bonds is 3. The average molecular weight is 321 g/mol. The number of hydrogen-bond donors (Lipinski definition) is 0. The van der Waals surface area contributed by atoms with Crippen LogP contribution < -0.4 is 14.2 Å². The van der Waals surface area contributed by atoms with Crippen LogP contribution in [0.25, 0.3) is 0 Å². The van der Waals surface area contributed by atoms with Gasteiger partial charge in [-0.15, -0.1) is 0 Å². The van der Waals surface area contributed by atoms with Crippen LogP contribution in [-0.4, -0.2) is 56.8 Å². The monoisotopic (exact) mass is 321 g/mol. The number of esters is 1. The molecule has 0 unspecified atom stereocenters. The van der Waals surface area contributed by atoms with Crippen LogP contribution in [0.15, 0.2) is 12.1 Å². The van der Waals surface area contributed by atoms with Gasteiger partial charge in [-0.2, -0.15) is 0 Å². The van der Waals surface area contributed by atoms with Crippen LogP contribution in [-0.2, 0) is 9.53 Å². The molecule has 0 N–H and O–H groups in total. The summed E-state index contributed by atoms with van der Waals surface area (Å²) in [6.45, 7) is 1.38. The Labute approximate surface area is 134 Å². The number of ether oxygens (including phenoxy) is 4. The lowest BCUT2D eigenvalue weighted by Crippen LogP contribution is -2.41. The molecular formula is C16H19NO6. The van der Waals surface area contributed by atoms with E-state index in [1.54, 1.807) is 12.1 Å². The largest absolute Gasteiger partial charge is 0.493 e. The molecule has 1 atom stereocenters. The molecule has 7 nitrogen and oxygen atoms in total. The third-order valence-electron chi connectivity index (χ3n) is 4.06. The Morgan fingerprint density at radius 3 is 2.74 bits per heavy atom. The zero-order valence-corrected chi connectivity index (χ0v) is 13.2. The van der Waals surface area contributed by atoms with Crippen LogP contribution in [0, 0.1) is 0 Å². The minimum absolute atomic E-state index is 0.242. The predicted octanol–water partition coefficient (Wildman–Crippen LogP) is 1.24. The molecule has 0 saturated carbocycles. The van der Waals surface area contributed by atoms with Gasteiger partial charge >= 0.3 is 5.97 Å². The van der Waals surface area contributed by atoms with Gasteiger partial charge in [0.1, 0.15) is 19.3 Å². The molecule has 1 aromatic carbocycles. The van der Waals surface area contributed by atoms with Crippen molar-refractivity contribution in [3.63, 3.8) is 0 Å². The second kappa shape index (κ2) is 6.36. The van der Waals surface area contributed by atoms with E-state index in [1.165, 1.54) is 19.1 Å². The summed E-state index contributed by atoms with van der Waals surface area (Å²) in [7, 11) is 2.84. The molecule has 0 spiro atoms. The van der Waals surface area contributed by atoms with Crippen molar-refractivity contribution in [3.05, 3.63) is 17.7 Å². The van der Waals surface area contributed by atoms with Crippen LogP contribution in [0.5, 0.6) is 17.2 Å². The number of likely N-dealkylation sites (tertiary alicyclic amines) is 1. The first-order chi connectivity index (χ1) is 11.2. The minimum atomic E-state index is -0.535. The summed E-state index contributed by atoms with van der Waals surface area (Å²) >= 11 is 0. The highest BCUT2D eigenvalue weighted by atomic mass is 16.6. The van der Waals surface area contributed by atoms with E-state index >= 15 is 0 Å². The van der Waals surface area contributed by atoms with Crippen LogP contribution in [0.1, 0.15) is 23.2 Å². The molecule has 124 valence electrons. The summed E-state index contributed by atoms with van der Waals surface area (Å²) in [6, 6.07) is 2.71. The third kappa shape index (κ3) is 2.78. The highest BCUT2D eigenvalue weighted by molar-refractivity contribution is 5.98. The van der Waals surface area contributed by atoms with Gasteiger partial charge in [-0.1, -0.05) is 0 Å². The fourth-order valence-corrected chi connectivity index (χ4v) is 2.95. The molecule has 2 aliphatic rings. The van der Waals surface area contributed by atoms with Crippen LogP contribution in [0.4, 0.5) is 0 Å². The Kier molecular flexibility index (Phi) is 4.27. The lowest BCUT2D eigenvalue weighted by atomic mass is 10.1. The van der Waals surface area contributed by atoms with Crippen molar-refractivity contribution in [3.8, 4) is 17.2 Å². The molecule has 1 aromatic rings. The minimum Gasteiger partial charge on any atom is -0.493 e. The summed E-state index contributed by atoms with van der Waals surface area (Å²) in [6.07, 6.45) is 1.38. The number of hydrogen-bond acceptors (Lipinski definition) is 6. The van der Waals surface area contributed by atoms with Gasteiger partial charge in [-0.25, -0.2) is 4.79 Å². The van der Waals surface area contributed by atoms with E-state index in [4.69, 9.17) is 18.9 Å². The Morgan fingerprint density at radius 1 is 1.22 bits per heavy atom. The number of nitrogens with zero attached hydrogens (tertiary/aromatic N) is 1. The van der Waals surface area contributed by atoms with Gasteiger partial charge in [-0.05, 0) is 25.0 Å². The normalized spacial score (nSPS) is 19.4. The van der Waals surface area contributed by atoms with E-state index < -0.39 is 6.04 Å². The Balaban J connectivity index is 1.91. The van der Waals surface area contributed by atoms with Crippen LogP contribution >= 0.6 is 0 Å². The Hall–Kier alpha value is -2.44. The van der Waals surface area contributed by atoms with E-state index in [0.717, 1.165) is 6.42 Å². The quantitative estimate of drug-likeness (QED) is 0.780. The number of amides is 1. The van der Waals surface area contributed by atoms with E-state index in [2.05, 4.69) is 0 Å². The molecule has 2 heterocycles. The zero-order valence-electron chi connectivity index (χ0n) is 13.2. The van der Waals surface area contributed by atoms with Crippen molar-refractivity contribution in [2.24, 2.45) is 0 Å². The van der Waals surface area contributed by atoms with Crippen molar-refractivity contribution in [2.75, 3.05) is 34.0 Å². The molecule has 1 fully saturated rings. The molecule has 0 aromatic heterocycles. The van der Waals surface area contributed by atoms with Crippen molar-refractivity contribution in [1.29, 1.82) is 0 Å². The second-order valence-corrected chi connectivity index (χ2v) is 5.38.